The normalized spacial score (nSPS) is 12.1. The zero-order valence-corrected chi connectivity index (χ0v) is 12.7. The number of anilines is 1. The Labute approximate surface area is 125 Å². The Morgan fingerprint density at radius 1 is 1.05 bits per heavy atom. The zero-order chi connectivity index (χ0) is 15.4. The molecule has 0 amide bonds. The zero-order valence-electron chi connectivity index (χ0n) is 12.7. The Kier molecular flexibility index (Phi) is 4.65. The van der Waals surface area contributed by atoms with Crippen LogP contribution in [0.5, 0.6) is 0 Å². The van der Waals surface area contributed by atoms with Gasteiger partial charge < -0.3 is 20.7 Å². The number of hydrogen-bond acceptors (Lipinski definition) is 4. The van der Waals surface area contributed by atoms with Crippen LogP contribution < -0.4 is 10.6 Å². The van der Waals surface area contributed by atoms with E-state index in [4.69, 9.17) is 10.9 Å². The molecule has 0 atom stereocenters. The number of oxime groups is 1. The van der Waals surface area contributed by atoms with Crippen molar-refractivity contribution in [1.29, 1.82) is 0 Å². The molecule has 0 aliphatic carbocycles. The van der Waals surface area contributed by atoms with E-state index in [9.17, 15) is 0 Å². The molecule has 0 aliphatic rings. The van der Waals surface area contributed by atoms with Gasteiger partial charge in [0.05, 0.1) is 0 Å². The summed E-state index contributed by atoms with van der Waals surface area (Å²) in [4.78, 5) is 4.38. The van der Waals surface area contributed by atoms with E-state index in [0.29, 0.717) is 0 Å². The van der Waals surface area contributed by atoms with Crippen molar-refractivity contribution in [3.8, 4) is 0 Å². The highest BCUT2D eigenvalue weighted by atomic mass is 16.4. The summed E-state index contributed by atoms with van der Waals surface area (Å²) >= 11 is 0. The summed E-state index contributed by atoms with van der Waals surface area (Å²) in [5.74, 6) is 0.133. The summed E-state index contributed by atoms with van der Waals surface area (Å²) in [5, 5.41) is 14.1. The lowest BCUT2D eigenvalue weighted by molar-refractivity contribution is 0.318. The van der Waals surface area contributed by atoms with E-state index in [2.05, 4.69) is 42.2 Å². The number of amidine groups is 1. The van der Waals surface area contributed by atoms with Gasteiger partial charge in [0.1, 0.15) is 0 Å². The number of likely N-dealkylation sites (N-methyl/N-ethyl adjacent to an activating group) is 2. The van der Waals surface area contributed by atoms with E-state index in [1.807, 2.05) is 30.3 Å². The van der Waals surface area contributed by atoms with Crippen LogP contribution in [0.15, 0.2) is 41.6 Å². The van der Waals surface area contributed by atoms with Crippen molar-refractivity contribution in [3.05, 3.63) is 42.0 Å². The fraction of sp³-hybridized carbons (Fsp3) is 0.312. The molecule has 0 spiro atoms. The van der Waals surface area contributed by atoms with Gasteiger partial charge in [0.25, 0.3) is 0 Å². The first-order valence-electron chi connectivity index (χ1n) is 6.90. The van der Waals surface area contributed by atoms with E-state index in [0.717, 1.165) is 35.1 Å². The van der Waals surface area contributed by atoms with Crippen molar-refractivity contribution in [2.45, 2.75) is 0 Å². The van der Waals surface area contributed by atoms with Crippen molar-refractivity contribution in [2.75, 3.05) is 39.1 Å². The first-order chi connectivity index (χ1) is 10.0. The third-order valence-corrected chi connectivity index (χ3v) is 3.58. The number of nitrogens with zero attached hydrogens (tertiary/aromatic N) is 3. The third-order valence-electron chi connectivity index (χ3n) is 3.58. The van der Waals surface area contributed by atoms with E-state index >= 15 is 0 Å². The van der Waals surface area contributed by atoms with Gasteiger partial charge in [-0.1, -0.05) is 29.4 Å². The largest absolute Gasteiger partial charge is 0.409 e. The average molecular weight is 286 g/mol. The van der Waals surface area contributed by atoms with Gasteiger partial charge in [0, 0.05) is 36.8 Å². The number of rotatable bonds is 5. The van der Waals surface area contributed by atoms with Crippen LogP contribution in [0.2, 0.25) is 0 Å². The highest BCUT2D eigenvalue weighted by Crippen LogP contribution is 2.28. The summed E-state index contributed by atoms with van der Waals surface area (Å²) in [6.07, 6.45) is 0. The molecule has 112 valence electrons. The van der Waals surface area contributed by atoms with Gasteiger partial charge in [0.15, 0.2) is 5.84 Å². The van der Waals surface area contributed by atoms with Crippen LogP contribution in [-0.4, -0.2) is 50.2 Å². The quantitative estimate of drug-likeness (QED) is 0.381. The van der Waals surface area contributed by atoms with E-state index in [1.54, 1.807) is 0 Å². The standard InChI is InChI=1S/C16H22N4O/c1-19(2)10-11-20(3)15-9-8-14(16(17)18-21)12-6-4-5-7-13(12)15/h4-9,21H,10-11H2,1-3H3,(H2,17,18). The van der Waals surface area contributed by atoms with Crippen molar-refractivity contribution in [2.24, 2.45) is 10.9 Å². The van der Waals surface area contributed by atoms with Crippen LogP contribution >= 0.6 is 0 Å². The fourth-order valence-electron chi connectivity index (χ4n) is 2.36. The molecule has 0 radical (unpaired) electrons. The maximum Gasteiger partial charge on any atom is 0.170 e. The van der Waals surface area contributed by atoms with Gasteiger partial charge in [-0.05, 0) is 31.6 Å². The SMILES string of the molecule is CN(C)CCN(C)c1ccc(/C(N)=N/O)c2ccccc12. The topological polar surface area (TPSA) is 65.1 Å². The van der Waals surface area contributed by atoms with Gasteiger partial charge in [-0.15, -0.1) is 0 Å². The Morgan fingerprint density at radius 3 is 2.33 bits per heavy atom. The minimum Gasteiger partial charge on any atom is -0.409 e. The Hall–Kier alpha value is -2.27. The highest BCUT2D eigenvalue weighted by Gasteiger charge is 2.11. The van der Waals surface area contributed by atoms with Crippen LogP contribution in [0.4, 0.5) is 5.69 Å². The molecular formula is C16H22N4O. The molecule has 5 heteroatoms. The second-order valence-electron chi connectivity index (χ2n) is 5.39. The molecule has 0 aliphatic heterocycles. The van der Waals surface area contributed by atoms with Crippen molar-refractivity contribution >= 4 is 22.3 Å². The number of hydrogen-bond donors (Lipinski definition) is 2. The van der Waals surface area contributed by atoms with Crippen LogP contribution in [0, 0.1) is 0 Å². The molecule has 0 saturated carbocycles. The maximum atomic E-state index is 8.92. The molecule has 3 N–H and O–H groups in total. The Balaban J connectivity index is 2.47. The summed E-state index contributed by atoms with van der Waals surface area (Å²) in [7, 11) is 6.20. The van der Waals surface area contributed by atoms with Crippen molar-refractivity contribution < 1.29 is 5.21 Å². The van der Waals surface area contributed by atoms with Crippen LogP contribution in [0.3, 0.4) is 0 Å². The van der Waals surface area contributed by atoms with Gasteiger partial charge in [0.2, 0.25) is 0 Å². The molecule has 5 nitrogen and oxygen atoms in total. The monoisotopic (exact) mass is 286 g/mol. The molecule has 2 rings (SSSR count). The Bertz CT molecular complexity index is 652. The molecule has 0 unspecified atom stereocenters. The molecule has 0 heterocycles. The van der Waals surface area contributed by atoms with Crippen LogP contribution in [0.1, 0.15) is 5.56 Å². The van der Waals surface area contributed by atoms with Gasteiger partial charge in [-0.2, -0.15) is 0 Å². The first kappa shape index (κ1) is 15.1. The van der Waals surface area contributed by atoms with E-state index in [-0.39, 0.29) is 5.84 Å². The first-order valence-corrected chi connectivity index (χ1v) is 6.90. The lowest BCUT2D eigenvalue weighted by Gasteiger charge is -2.23. The second kappa shape index (κ2) is 6.45. The summed E-state index contributed by atoms with van der Waals surface area (Å²) in [5.41, 5.74) is 7.65. The molecule has 21 heavy (non-hydrogen) atoms. The number of fused-ring (bicyclic) bond motifs is 1. The lowest BCUT2D eigenvalue weighted by atomic mass is 10.0. The molecule has 0 bridgehead atoms. The summed E-state index contributed by atoms with van der Waals surface area (Å²) in [6.45, 7) is 1.91. The predicted octanol–water partition coefficient (Wildman–Crippen LogP) is 1.93. The molecule has 0 saturated heterocycles. The van der Waals surface area contributed by atoms with Crippen molar-refractivity contribution in [1.82, 2.24) is 4.90 Å². The summed E-state index contributed by atoms with van der Waals surface area (Å²) < 4.78 is 0. The Morgan fingerprint density at radius 2 is 1.71 bits per heavy atom. The van der Waals surface area contributed by atoms with E-state index in [1.165, 1.54) is 0 Å². The molecule has 0 fully saturated rings. The minimum atomic E-state index is 0.133. The predicted molar refractivity (Wildman–Crippen MR) is 88.3 cm³/mol. The van der Waals surface area contributed by atoms with Gasteiger partial charge in [-0.3, -0.25) is 0 Å². The average Bonchev–Trinajstić information content (AvgIpc) is 2.50. The second-order valence-corrected chi connectivity index (χ2v) is 5.39. The highest BCUT2D eigenvalue weighted by molar-refractivity contribution is 6.11. The number of benzene rings is 2. The molecular weight excluding hydrogens is 264 g/mol. The molecule has 2 aromatic rings. The number of nitrogens with two attached hydrogens (primary N) is 1. The maximum absolute atomic E-state index is 8.92. The fourth-order valence-corrected chi connectivity index (χ4v) is 2.36. The van der Waals surface area contributed by atoms with Crippen LogP contribution in [-0.2, 0) is 0 Å². The van der Waals surface area contributed by atoms with E-state index < -0.39 is 0 Å². The minimum absolute atomic E-state index is 0.133. The molecule has 0 aromatic heterocycles. The smallest absolute Gasteiger partial charge is 0.170 e. The third kappa shape index (κ3) is 3.25. The van der Waals surface area contributed by atoms with Gasteiger partial charge in [-0.25, -0.2) is 0 Å². The summed E-state index contributed by atoms with van der Waals surface area (Å²) in [6, 6.07) is 11.9. The van der Waals surface area contributed by atoms with Crippen LogP contribution in [0.25, 0.3) is 10.8 Å². The lowest BCUT2D eigenvalue weighted by Crippen LogP contribution is -2.28. The molecule has 2 aromatic carbocycles. The van der Waals surface area contributed by atoms with Gasteiger partial charge >= 0.3 is 0 Å². The van der Waals surface area contributed by atoms with Crippen molar-refractivity contribution in [3.63, 3.8) is 0 Å².